The minimum absolute atomic E-state index is 0.715. The van der Waals surface area contributed by atoms with Crippen LogP contribution in [-0.2, 0) is 10.1 Å². The van der Waals surface area contributed by atoms with Gasteiger partial charge in [-0.2, -0.15) is 8.42 Å². The van der Waals surface area contributed by atoms with Crippen molar-refractivity contribution in [1.82, 2.24) is 0 Å². The summed E-state index contributed by atoms with van der Waals surface area (Å²) in [6, 6.07) is 0. The van der Waals surface area contributed by atoms with Gasteiger partial charge in [-0.15, -0.1) is 8.86 Å². The summed E-state index contributed by atoms with van der Waals surface area (Å²) in [6.07, 6.45) is 0.715. The van der Waals surface area contributed by atoms with E-state index in [1.54, 1.807) is 5.80 Å². The van der Waals surface area contributed by atoms with E-state index in [1.807, 2.05) is 6.92 Å². The summed E-state index contributed by atoms with van der Waals surface area (Å²) in [5.74, 6) is 1.81. The molecule has 3 nitrogen and oxygen atoms in total. The second-order valence-electron chi connectivity index (χ2n) is 1.02. The van der Waals surface area contributed by atoms with Gasteiger partial charge in [-0.05, 0) is 6.92 Å². The Morgan fingerprint density at radius 1 is 1.62 bits per heavy atom. The third kappa shape index (κ3) is 24500. The highest BCUT2D eigenvalue weighted by atomic mass is 32.2. The molecule has 0 rings (SSSR count). The van der Waals surface area contributed by atoms with Crippen LogP contribution in [0, 0.1) is 0 Å². The highest BCUT2D eigenvalue weighted by Crippen LogP contribution is 1.60. The van der Waals surface area contributed by atoms with Gasteiger partial charge in [0.05, 0.1) is 6.26 Å². The van der Waals surface area contributed by atoms with E-state index in [2.05, 4.69) is 8.86 Å². The summed E-state index contributed by atoms with van der Waals surface area (Å²) >= 11 is 0. The van der Waals surface area contributed by atoms with Gasteiger partial charge >= 0.3 is 0 Å². The average Bonchev–Trinajstić information content (AvgIpc) is 1.27. The van der Waals surface area contributed by atoms with Crippen molar-refractivity contribution in [2.75, 3.05) is 6.26 Å². The van der Waals surface area contributed by atoms with Gasteiger partial charge in [0.1, 0.15) is 0 Å². The standard InChI is InChI=1S/C2H5P.CH4O3S/c1-2-3;1-5(2,3)4/h2-3H,1H3;1H3,(H,2,3,4). The Hall–Kier alpha value is 0.0800. The van der Waals surface area contributed by atoms with Crippen LogP contribution in [0.5, 0.6) is 0 Å². The fraction of sp³-hybridized carbons (Fsp3) is 0.667. The lowest BCUT2D eigenvalue weighted by Crippen LogP contribution is -1.88. The molecule has 0 aromatic rings. The minimum Gasteiger partial charge on any atom is -0.286 e. The Morgan fingerprint density at radius 3 is 1.62 bits per heavy atom. The summed E-state index contributed by atoms with van der Waals surface area (Å²) in [6.45, 7) is 1.91. The first-order valence-corrected chi connectivity index (χ1v) is 4.22. The van der Waals surface area contributed by atoms with Crippen molar-refractivity contribution in [3.8, 4) is 0 Å². The zero-order valence-corrected chi connectivity index (χ0v) is 6.57. The summed E-state index contributed by atoms with van der Waals surface area (Å²) in [7, 11) is -0.608. The first-order chi connectivity index (χ1) is 3.41. The zero-order chi connectivity index (χ0) is 7.21. The van der Waals surface area contributed by atoms with Crippen molar-refractivity contribution >= 4 is 24.8 Å². The lowest BCUT2D eigenvalue weighted by molar-refractivity contribution is 0.490. The topological polar surface area (TPSA) is 54.4 Å². The molecule has 0 spiro atoms. The molecule has 0 saturated carbocycles. The lowest BCUT2D eigenvalue weighted by atomic mass is 11.0. The maximum absolute atomic E-state index is 9.19. The first kappa shape index (κ1) is 11.0. The Morgan fingerprint density at radius 2 is 1.62 bits per heavy atom. The van der Waals surface area contributed by atoms with E-state index >= 15 is 0 Å². The SMILES string of the molecule is CC=P.CS(=O)(=O)O. The van der Waals surface area contributed by atoms with E-state index < -0.39 is 10.1 Å². The predicted octanol–water partition coefficient (Wildman–Crippen LogP) is 0.455. The Balaban J connectivity index is 0. The van der Waals surface area contributed by atoms with Crippen LogP contribution in [0.4, 0.5) is 0 Å². The van der Waals surface area contributed by atoms with Crippen LogP contribution in [0.25, 0.3) is 0 Å². The third-order valence-electron chi connectivity index (χ3n) is 0. The predicted molar refractivity (Wildman–Crippen MR) is 37.5 cm³/mol. The molecule has 50 valence electrons. The van der Waals surface area contributed by atoms with E-state index in [4.69, 9.17) is 4.55 Å². The molecular weight excluding hydrogens is 147 g/mol. The van der Waals surface area contributed by atoms with Crippen LogP contribution in [-0.4, -0.2) is 25.0 Å². The summed E-state index contributed by atoms with van der Waals surface area (Å²) in [4.78, 5) is 0. The van der Waals surface area contributed by atoms with Crippen LogP contribution in [0.15, 0.2) is 0 Å². The van der Waals surface area contributed by atoms with Crippen molar-refractivity contribution in [3.05, 3.63) is 0 Å². The molecule has 0 fully saturated rings. The van der Waals surface area contributed by atoms with Crippen molar-refractivity contribution in [2.45, 2.75) is 6.92 Å². The molecule has 0 aromatic heterocycles. The molecule has 0 heterocycles. The van der Waals surface area contributed by atoms with Gasteiger partial charge in [0.2, 0.25) is 0 Å². The molecule has 5 heteroatoms. The second-order valence-corrected chi connectivity index (χ2v) is 3.07. The third-order valence-corrected chi connectivity index (χ3v) is 0. The molecule has 0 radical (unpaired) electrons. The lowest BCUT2D eigenvalue weighted by Gasteiger charge is -1.69. The molecule has 1 N–H and O–H groups in total. The normalized spacial score (nSPS) is 8.88. The van der Waals surface area contributed by atoms with Crippen molar-refractivity contribution in [2.24, 2.45) is 0 Å². The number of rotatable bonds is 0. The largest absolute Gasteiger partial charge is 0.286 e. The van der Waals surface area contributed by atoms with Crippen LogP contribution in [0.2, 0.25) is 0 Å². The van der Waals surface area contributed by atoms with E-state index in [1.165, 1.54) is 0 Å². The van der Waals surface area contributed by atoms with E-state index in [9.17, 15) is 8.42 Å². The molecule has 0 unspecified atom stereocenters. The fourth-order valence-corrected chi connectivity index (χ4v) is 0. The van der Waals surface area contributed by atoms with Gasteiger partial charge in [0, 0.05) is 0 Å². The average molecular weight is 156 g/mol. The Kier molecular flexibility index (Phi) is 7.15. The van der Waals surface area contributed by atoms with Gasteiger partial charge in [-0.1, -0.05) is 5.80 Å². The number of hydrogen-bond donors (Lipinski definition) is 1. The van der Waals surface area contributed by atoms with Crippen LogP contribution < -0.4 is 0 Å². The van der Waals surface area contributed by atoms with E-state index in [0.717, 1.165) is 0 Å². The van der Waals surface area contributed by atoms with Gasteiger partial charge < -0.3 is 0 Å². The molecule has 0 atom stereocenters. The van der Waals surface area contributed by atoms with E-state index in [0.29, 0.717) is 6.26 Å². The maximum Gasteiger partial charge on any atom is 0.261 e. The maximum atomic E-state index is 9.19. The molecular formula is C3H9O3PS. The van der Waals surface area contributed by atoms with Gasteiger partial charge in [0.15, 0.2) is 0 Å². The van der Waals surface area contributed by atoms with Crippen molar-refractivity contribution in [1.29, 1.82) is 0 Å². The van der Waals surface area contributed by atoms with Crippen LogP contribution in [0.3, 0.4) is 0 Å². The molecule has 0 aromatic carbocycles. The molecule has 0 saturated heterocycles. The highest BCUT2D eigenvalue weighted by molar-refractivity contribution is 7.85. The smallest absolute Gasteiger partial charge is 0.261 e. The zero-order valence-electron chi connectivity index (χ0n) is 4.75. The highest BCUT2D eigenvalue weighted by Gasteiger charge is 1.81. The molecule has 0 bridgehead atoms. The molecule has 0 aliphatic rings. The second kappa shape index (κ2) is 5.22. The van der Waals surface area contributed by atoms with Crippen molar-refractivity contribution < 1.29 is 13.0 Å². The Bertz CT molecular complexity index is 129. The van der Waals surface area contributed by atoms with Crippen LogP contribution >= 0.6 is 8.86 Å². The van der Waals surface area contributed by atoms with Gasteiger partial charge in [-0.3, -0.25) is 4.55 Å². The molecule has 0 aliphatic heterocycles. The fourth-order valence-electron chi connectivity index (χ4n) is 0. The molecule has 0 aliphatic carbocycles. The van der Waals surface area contributed by atoms with Crippen LogP contribution in [0.1, 0.15) is 6.92 Å². The monoisotopic (exact) mass is 156 g/mol. The summed E-state index contributed by atoms with van der Waals surface area (Å²) in [5, 5.41) is 0. The Labute approximate surface area is 51.7 Å². The minimum atomic E-state index is -3.67. The summed E-state index contributed by atoms with van der Waals surface area (Å²) in [5.41, 5.74) is 0. The molecule has 0 amide bonds. The number of hydrogen-bond acceptors (Lipinski definition) is 2. The van der Waals surface area contributed by atoms with Gasteiger partial charge in [-0.25, -0.2) is 0 Å². The van der Waals surface area contributed by atoms with E-state index in [-0.39, 0.29) is 0 Å². The molecule has 8 heavy (non-hydrogen) atoms. The van der Waals surface area contributed by atoms with Crippen molar-refractivity contribution in [3.63, 3.8) is 0 Å². The van der Waals surface area contributed by atoms with Gasteiger partial charge in [0.25, 0.3) is 10.1 Å². The first-order valence-electron chi connectivity index (χ1n) is 1.79. The summed E-state index contributed by atoms with van der Waals surface area (Å²) < 4.78 is 25.9. The quantitative estimate of drug-likeness (QED) is 0.409.